The first-order valence-corrected chi connectivity index (χ1v) is 3.66. The SMILES string of the molecule is C=CCC(F)(F)CC(=O)OCC. The van der Waals surface area contributed by atoms with E-state index in [1.165, 1.54) is 0 Å². The van der Waals surface area contributed by atoms with E-state index in [0.717, 1.165) is 6.08 Å². The fourth-order valence-electron chi connectivity index (χ4n) is 0.707. The van der Waals surface area contributed by atoms with Gasteiger partial charge >= 0.3 is 5.97 Å². The Labute approximate surface area is 70.2 Å². The Kier molecular flexibility index (Phi) is 4.47. The summed E-state index contributed by atoms with van der Waals surface area (Å²) in [5, 5.41) is 0. The van der Waals surface area contributed by atoms with E-state index in [0.29, 0.717) is 0 Å². The molecule has 0 aliphatic carbocycles. The van der Waals surface area contributed by atoms with Crippen molar-refractivity contribution < 1.29 is 18.3 Å². The summed E-state index contributed by atoms with van der Waals surface area (Å²) in [6.45, 7) is 4.87. The summed E-state index contributed by atoms with van der Waals surface area (Å²) in [4.78, 5) is 10.6. The van der Waals surface area contributed by atoms with Crippen LogP contribution in [0.2, 0.25) is 0 Å². The lowest BCUT2D eigenvalue weighted by Gasteiger charge is -2.12. The minimum atomic E-state index is -3.02. The number of carbonyl (C=O) groups excluding carboxylic acids is 1. The van der Waals surface area contributed by atoms with E-state index in [2.05, 4.69) is 11.3 Å². The molecule has 0 aromatic carbocycles. The van der Waals surface area contributed by atoms with Crippen molar-refractivity contribution in [1.29, 1.82) is 0 Å². The quantitative estimate of drug-likeness (QED) is 0.476. The lowest BCUT2D eigenvalue weighted by atomic mass is 10.2. The highest BCUT2D eigenvalue weighted by Crippen LogP contribution is 2.23. The Morgan fingerprint density at radius 1 is 1.67 bits per heavy atom. The molecule has 2 nitrogen and oxygen atoms in total. The van der Waals surface area contributed by atoms with Gasteiger partial charge in [-0.05, 0) is 6.92 Å². The van der Waals surface area contributed by atoms with Crippen LogP contribution in [0.4, 0.5) is 8.78 Å². The van der Waals surface area contributed by atoms with Gasteiger partial charge in [-0.1, -0.05) is 6.08 Å². The molecule has 0 N–H and O–H groups in total. The van der Waals surface area contributed by atoms with Gasteiger partial charge in [-0.2, -0.15) is 0 Å². The summed E-state index contributed by atoms with van der Waals surface area (Å²) in [6.07, 6.45) is -0.280. The van der Waals surface area contributed by atoms with E-state index in [4.69, 9.17) is 0 Å². The summed E-state index contributed by atoms with van der Waals surface area (Å²) < 4.78 is 29.6. The zero-order valence-corrected chi connectivity index (χ0v) is 6.98. The monoisotopic (exact) mass is 178 g/mol. The van der Waals surface area contributed by atoms with Crippen LogP contribution in [0.5, 0.6) is 0 Å². The maximum atomic E-state index is 12.6. The van der Waals surface area contributed by atoms with Gasteiger partial charge < -0.3 is 4.74 Å². The van der Waals surface area contributed by atoms with E-state index < -0.39 is 24.7 Å². The first-order chi connectivity index (χ1) is 5.52. The standard InChI is InChI=1S/C8H12F2O2/c1-3-5-8(9,10)6-7(11)12-4-2/h3H,1,4-6H2,2H3. The minimum Gasteiger partial charge on any atom is -0.466 e. The second kappa shape index (κ2) is 4.85. The number of hydrogen-bond donors (Lipinski definition) is 0. The lowest BCUT2D eigenvalue weighted by molar-refractivity contribution is -0.150. The van der Waals surface area contributed by atoms with Gasteiger partial charge in [-0.3, -0.25) is 4.79 Å². The van der Waals surface area contributed by atoms with Gasteiger partial charge in [0.1, 0.15) is 6.42 Å². The Morgan fingerprint density at radius 2 is 2.25 bits per heavy atom. The summed E-state index contributed by atoms with van der Waals surface area (Å²) in [5.41, 5.74) is 0. The molecule has 0 radical (unpaired) electrons. The first kappa shape index (κ1) is 11.1. The molecule has 0 aromatic rings. The Hall–Kier alpha value is -0.930. The topological polar surface area (TPSA) is 26.3 Å². The molecule has 0 saturated carbocycles. The molecule has 0 rings (SSSR count). The zero-order valence-electron chi connectivity index (χ0n) is 6.98. The molecule has 0 aromatic heterocycles. The van der Waals surface area contributed by atoms with Gasteiger partial charge in [0.15, 0.2) is 0 Å². The highest BCUT2D eigenvalue weighted by Gasteiger charge is 2.31. The number of esters is 1. The Balaban J connectivity index is 3.87. The second-order valence-corrected chi connectivity index (χ2v) is 2.33. The molecule has 0 atom stereocenters. The second-order valence-electron chi connectivity index (χ2n) is 2.33. The lowest BCUT2D eigenvalue weighted by Crippen LogP contribution is -2.21. The van der Waals surface area contributed by atoms with Crippen molar-refractivity contribution in [3.05, 3.63) is 12.7 Å². The molecule has 0 saturated heterocycles. The average Bonchev–Trinajstić information content (AvgIpc) is 1.85. The normalized spacial score (nSPS) is 10.9. The highest BCUT2D eigenvalue weighted by atomic mass is 19.3. The maximum Gasteiger partial charge on any atom is 0.311 e. The summed E-state index contributed by atoms with van der Waals surface area (Å²) in [5.74, 6) is -3.89. The van der Waals surface area contributed by atoms with Gasteiger partial charge in [-0.15, -0.1) is 6.58 Å². The molecule has 12 heavy (non-hydrogen) atoms. The van der Waals surface area contributed by atoms with Gasteiger partial charge in [0.2, 0.25) is 0 Å². The molecule has 0 heterocycles. The van der Waals surface area contributed by atoms with E-state index in [1.54, 1.807) is 6.92 Å². The van der Waals surface area contributed by atoms with Crippen LogP contribution in [0.1, 0.15) is 19.8 Å². The zero-order chi connectivity index (χ0) is 9.61. The third-order valence-corrected chi connectivity index (χ3v) is 1.15. The van der Waals surface area contributed by atoms with Crippen molar-refractivity contribution in [3.63, 3.8) is 0 Å². The van der Waals surface area contributed by atoms with Crippen LogP contribution in [-0.2, 0) is 9.53 Å². The van der Waals surface area contributed by atoms with E-state index in [9.17, 15) is 13.6 Å². The number of hydrogen-bond acceptors (Lipinski definition) is 2. The number of rotatable bonds is 5. The van der Waals surface area contributed by atoms with Crippen LogP contribution in [0, 0.1) is 0 Å². The third kappa shape index (κ3) is 4.82. The molecule has 4 heteroatoms. The van der Waals surface area contributed by atoms with E-state index in [-0.39, 0.29) is 6.61 Å². The van der Waals surface area contributed by atoms with Crippen LogP contribution >= 0.6 is 0 Å². The molecule has 0 amide bonds. The molecular formula is C8H12F2O2. The molecular weight excluding hydrogens is 166 g/mol. The van der Waals surface area contributed by atoms with Gasteiger partial charge in [0, 0.05) is 6.42 Å². The molecule has 0 aliphatic rings. The fraction of sp³-hybridized carbons (Fsp3) is 0.625. The van der Waals surface area contributed by atoms with Gasteiger partial charge in [0.05, 0.1) is 6.61 Å². The summed E-state index contributed by atoms with van der Waals surface area (Å²) in [6, 6.07) is 0. The average molecular weight is 178 g/mol. The minimum absolute atomic E-state index is 0.128. The number of alkyl halides is 2. The van der Waals surface area contributed by atoms with Crippen LogP contribution in [0.3, 0.4) is 0 Å². The van der Waals surface area contributed by atoms with Gasteiger partial charge in [0.25, 0.3) is 5.92 Å². The van der Waals surface area contributed by atoms with Gasteiger partial charge in [-0.25, -0.2) is 8.78 Å². The Bertz CT molecular complexity index is 166. The van der Waals surface area contributed by atoms with Crippen LogP contribution < -0.4 is 0 Å². The largest absolute Gasteiger partial charge is 0.466 e. The van der Waals surface area contributed by atoms with E-state index in [1.807, 2.05) is 0 Å². The molecule has 0 unspecified atom stereocenters. The van der Waals surface area contributed by atoms with Crippen molar-refractivity contribution in [2.45, 2.75) is 25.7 Å². The third-order valence-electron chi connectivity index (χ3n) is 1.15. The summed E-state index contributed by atoms with van der Waals surface area (Å²) >= 11 is 0. The van der Waals surface area contributed by atoms with Crippen molar-refractivity contribution in [2.75, 3.05) is 6.61 Å². The molecule has 0 spiro atoms. The van der Waals surface area contributed by atoms with Crippen LogP contribution in [0.25, 0.3) is 0 Å². The number of carbonyl (C=O) groups is 1. The van der Waals surface area contributed by atoms with Crippen molar-refractivity contribution in [2.24, 2.45) is 0 Å². The number of ether oxygens (including phenoxy) is 1. The predicted octanol–water partition coefficient (Wildman–Crippen LogP) is 2.15. The van der Waals surface area contributed by atoms with Crippen LogP contribution in [-0.4, -0.2) is 18.5 Å². The Morgan fingerprint density at radius 3 is 2.67 bits per heavy atom. The maximum absolute atomic E-state index is 12.6. The molecule has 0 aliphatic heterocycles. The predicted molar refractivity (Wildman–Crippen MR) is 41.0 cm³/mol. The van der Waals surface area contributed by atoms with Crippen molar-refractivity contribution in [1.82, 2.24) is 0 Å². The molecule has 0 bridgehead atoms. The number of allylic oxidation sites excluding steroid dienone is 1. The summed E-state index contributed by atoms with van der Waals surface area (Å²) in [7, 11) is 0. The van der Waals surface area contributed by atoms with Crippen molar-refractivity contribution in [3.8, 4) is 0 Å². The smallest absolute Gasteiger partial charge is 0.311 e. The highest BCUT2D eigenvalue weighted by molar-refractivity contribution is 5.70. The molecule has 0 fully saturated rings. The van der Waals surface area contributed by atoms with E-state index >= 15 is 0 Å². The number of halogens is 2. The first-order valence-electron chi connectivity index (χ1n) is 3.66. The fourth-order valence-corrected chi connectivity index (χ4v) is 0.707. The van der Waals surface area contributed by atoms with Crippen molar-refractivity contribution >= 4 is 5.97 Å². The van der Waals surface area contributed by atoms with Crippen LogP contribution in [0.15, 0.2) is 12.7 Å². The molecule has 70 valence electrons.